The maximum absolute atomic E-state index is 13.7. The van der Waals surface area contributed by atoms with Crippen molar-refractivity contribution in [3.63, 3.8) is 0 Å². The van der Waals surface area contributed by atoms with Gasteiger partial charge in [0, 0.05) is 18.0 Å². The van der Waals surface area contributed by atoms with E-state index >= 15 is 0 Å². The first-order chi connectivity index (χ1) is 9.43. The molecule has 0 saturated carbocycles. The number of hydrogen-bond acceptors (Lipinski definition) is 2. The van der Waals surface area contributed by atoms with Crippen LogP contribution in [0, 0.1) is 23.3 Å². The molecular formula is C12H5F6NO. The van der Waals surface area contributed by atoms with E-state index in [9.17, 15) is 26.3 Å². The Morgan fingerprint density at radius 2 is 1.55 bits per heavy atom. The minimum atomic E-state index is -3.62. The minimum Gasteiger partial charge on any atom is -0.428 e. The Kier molecular flexibility index (Phi) is 3.82. The molecule has 0 unspecified atom stereocenters. The highest BCUT2D eigenvalue weighted by molar-refractivity contribution is 5.65. The quantitative estimate of drug-likeness (QED) is 0.632. The van der Waals surface area contributed by atoms with Crippen LogP contribution in [0.2, 0.25) is 0 Å². The van der Waals surface area contributed by atoms with Gasteiger partial charge in [-0.3, -0.25) is 4.98 Å². The molecule has 20 heavy (non-hydrogen) atoms. The summed E-state index contributed by atoms with van der Waals surface area (Å²) < 4.78 is 81.7. The number of benzene rings is 1. The highest BCUT2D eigenvalue weighted by Crippen LogP contribution is 2.36. The van der Waals surface area contributed by atoms with Crippen molar-refractivity contribution in [3.8, 4) is 16.9 Å². The van der Waals surface area contributed by atoms with Gasteiger partial charge in [0.15, 0.2) is 11.6 Å². The predicted octanol–water partition coefficient (Wildman–Crippen LogP) is 3.91. The molecule has 0 N–H and O–H groups in total. The number of hydrogen-bond donors (Lipinski definition) is 0. The summed E-state index contributed by atoms with van der Waals surface area (Å²) in [5, 5.41) is 0. The van der Waals surface area contributed by atoms with Crippen LogP contribution in [0.4, 0.5) is 26.3 Å². The van der Waals surface area contributed by atoms with Crippen molar-refractivity contribution in [2.45, 2.75) is 6.61 Å². The molecule has 1 heterocycles. The van der Waals surface area contributed by atoms with Gasteiger partial charge in [-0.1, -0.05) is 6.07 Å². The average molecular weight is 293 g/mol. The van der Waals surface area contributed by atoms with Crippen LogP contribution >= 0.6 is 0 Å². The van der Waals surface area contributed by atoms with Gasteiger partial charge >= 0.3 is 6.61 Å². The van der Waals surface area contributed by atoms with Crippen LogP contribution in [-0.2, 0) is 0 Å². The first-order valence-electron chi connectivity index (χ1n) is 5.14. The molecule has 0 bridgehead atoms. The van der Waals surface area contributed by atoms with Crippen LogP contribution in [-0.4, -0.2) is 11.6 Å². The van der Waals surface area contributed by atoms with E-state index < -0.39 is 41.2 Å². The molecule has 0 fully saturated rings. The van der Waals surface area contributed by atoms with Gasteiger partial charge in [-0.05, 0) is 6.07 Å². The number of pyridine rings is 1. The zero-order valence-corrected chi connectivity index (χ0v) is 9.51. The highest BCUT2D eigenvalue weighted by Gasteiger charge is 2.29. The minimum absolute atomic E-state index is 0.246. The number of nitrogens with zero attached hydrogens (tertiary/aromatic N) is 1. The molecule has 1 aromatic heterocycles. The summed E-state index contributed by atoms with van der Waals surface area (Å²) in [5.41, 5.74) is -1.29. The van der Waals surface area contributed by atoms with E-state index in [1.807, 2.05) is 0 Å². The van der Waals surface area contributed by atoms with Gasteiger partial charge in [0.2, 0.25) is 17.4 Å². The first kappa shape index (κ1) is 14.2. The number of aromatic nitrogens is 1. The smallest absolute Gasteiger partial charge is 0.387 e. The zero-order chi connectivity index (χ0) is 14.9. The molecule has 0 aliphatic carbocycles. The van der Waals surface area contributed by atoms with Crippen LogP contribution in [0.5, 0.6) is 5.75 Å². The molecule has 0 saturated heterocycles. The maximum atomic E-state index is 13.7. The molecule has 106 valence electrons. The molecule has 2 rings (SSSR count). The fraction of sp³-hybridized carbons (Fsp3) is 0.0833. The molecule has 0 radical (unpaired) electrons. The summed E-state index contributed by atoms with van der Waals surface area (Å²) >= 11 is 0. The largest absolute Gasteiger partial charge is 0.428 e. The average Bonchev–Trinajstić information content (AvgIpc) is 2.43. The topological polar surface area (TPSA) is 22.1 Å². The van der Waals surface area contributed by atoms with E-state index in [2.05, 4.69) is 9.72 Å². The molecule has 1 aromatic carbocycles. The van der Waals surface area contributed by atoms with E-state index in [0.717, 1.165) is 12.3 Å². The molecule has 8 heteroatoms. The number of halogens is 6. The Hall–Kier alpha value is -2.25. The monoisotopic (exact) mass is 293 g/mol. The van der Waals surface area contributed by atoms with Gasteiger partial charge in [-0.15, -0.1) is 0 Å². The predicted molar refractivity (Wildman–Crippen MR) is 56.1 cm³/mol. The van der Waals surface area contributed by atoms with E-state index in [1.54, 1.807) is 0 Å². The Morgan fingerprint density at radius 3 is 2.00 bits per heavy atom. The van der Waals surface area contributed by atoms with Gasteiger partial charge in [0.05, 0.1) is 5.56 Å². The third-order valence-corrected chi connectivity index (χ3v) is 2.38. The van der Waals surface area contributed by atoms with Crippen molar-refractivity contribution in [2.24, 2.45) is 0 Å². The summed E-state index contributed by atoms with van der Waals surface area (Å²) in [5.74, 6) is -9.56. The first-order valence-corrected chi connectivity index (χ1v) is 5.14. The van der Waals surface area contributed by atoms with Crippen molar-refractivity contribution in [3.05, 3.63) is 47.8 Å². The summed E-state index contributed by atoms with van der Waals surface area (Å²) in [6.45, 7) is -3.62. The van der Waals surface area contributed by atoms with Crippen molar-refractivity contribution in [1.29, 1.82) is 0 Å². The summed E-state index contributed by atoms with van der Waals surface area (Å²) in [6, 6.07) is 2.44. The number of ether oxygens (including phenoxy) is 1. The second-order valence-corrected chi connectivity index (χ2v) is 3.58. The van der Waals surface area contributed by atoms with Gasteiger partial charge in [-0.25, -0.2) is 8.78 Å². The van der Waals surface area contributed by atoms with Crippen molar-refractivity contribution in [2.75, 3.05) is 0 Å². The van der Waals surface area contributed by atoms with Crippen LogP contribution in [0.25, 0.3) is 11.1 Å². The maximum Gasteiger partial charge on any atom is 0.387 e. The van der Waals surface area contributed by atoms with Crippen molar-refractivity contribution < 1.29 is 31.1 Å². The number of alkyl halides is 2. The van der Waals surface area contributed by atoms with E-state index in [-0.39, 0.29) is 5.56 Å². The standard InChI is InChI=1S/C12H5F6NO/c13-7-6(5-2-1-3-19-4-5)8(14)10(16)11(9(7)15)20-12(17)18/h1-4,12H. The lowest BCUT2D eigenvalue weighted by Crippen LogP contribution is -2.10. The molecule has 2 aromatic rings. The van der Waals surface area contributed by atoms with E-state index in [1.165, 1.54) is 12.3 Å². The zero-order valence-electron chi connectivity index (χ0n) is 9.51. The van der Waals surface area contributed by atoms with Crippen molar-refractivity contribution >= 4 is 0 Å². The second-order valence-electron chi connectivity index (χ2n) is 3.58. The Bertz CT molecular complexity index is 603. The third-order valence-electron chi connectivity index (χ3n) is 2.38. The summed E-state index contributed by atoms with van der Waals surface area (Å²) in [4.78, 5) is 3.54. The van der Waals surface area contributed by atoms with Gasteiger partial charge in [-0.2, -0.15) is 17.6 Å². The van der Waals surface area contributed by atoms with Crippen LogP contribution in [0.1, 0.15) is 0 Å². The molecule has 0 aliphatic rings. The third kappa shape index (κ3) is 2.40. The fourth-order valence-corrected chi connectivity index (χ4v) is 1.57. The molecular weight excluding hydrogens is 288 g/mol. The second kappa shape index (κ2) is 5.40. The van der Waals surface area contributed by atoms with Gasteiger partial charge in [0.25, 0.3) is 0 Å². The normalized spacial score (nSPS) is 10.9. The van der Waals surface area contributed by atoms with Crippen molar-refractivity contribution in [1.82, 2.24) is 4.98 Å². The summed E-state index contributed by atoms with van der Waals surface area (Å²) in [6.07, 6.45) is 2.24. The van der Waals surface area contributed by atoms with Crippen LogP contribution < -0.4 is 4.74 Å². The summed E-state index contributed by atoms with van der Waals surface area (Å²) in [7, 11) is 0. The van der Waals surface area contributed by atoms with E-state index in [0.29, 0.717) is 0 Å². The molecule has 2 nitrogen and oxygen atoms in total. The fourth-order valence-electron chi connectivity index (χ4n) is 1.57. The van der Waals surface area contributed by atoms with Crippen LogP contribution in [0.3, 0.4) is 0 Å². The molecule has 0 amide bonds. The highest BCUT2D eigenvalue weighted by atomic mass is 19.3. The molecule has 0 atom stereocenters. The van der Waals surface area contributed by atoms with Gasteiger partial charge < -0.3 is 4.74 Å². The molecule has 0 spiro atoms. The Balaban J connectivity index is 2.68. The SMILES string of the molecule is Fc1c(F)c(-c2cccnc2)c(F)c(F)c1OC(F)F. The van der Waals surface area contributed by atoms with E-state index in [4.69, 9.17) is 0 Å². The lowest BCUT2D eigenvalue weighted by molar-refractivity contribution is -0.0553. The van der Waals surface area contributed by atoms with Gasteiger partial charge in [0.1, 0.15) is 0 Å². The molecule has 0 aliphatic heterocycles. The lowest BCUT2D eigenvalue weighted by atomic mass is 10.1. The lowest BCUT2D eigenvalue weighted by Gasteiger charge is -2.12. The Labute approximate surface area is 108 Å². The van der Waals surface area contributed by atoms with Crippen LogP contribution in [0.15, 0.2) is 24.5 Å². The Morgan fingerprint density at radius 1 is 0.950 bits per heavy atom. The number of rotatable bonds is 3.